The third-order valence-corrected chi connectivity index (χ3v) is 4.40. The van der Waals surface area contributed by atoms with Gasteiger partial charge in [0, 0.05) is 23.8 Å². The maximum atomic E-state index is 12.3. The molecule has 7 heteroatoms. The monoisotopic (exact) mass is 369 g/mol. The molecule has 1 unspecified atom stereocenters. The number of aliphatic hydroxyl groups is 1. The van der Waals surface area contributed by atoms with Gasteiger partial charge in [-0.3, -0.25) is 10.1 Å². The fourth-order valence-corrected chi connectivity index (χ4v) is 2.38. The Morgan fingerprint density at radius 1 is 1.35 bits per heavy atom. The molecule has 1 amide bonds. The number of hydrogen-bond donors (Lipinski definition) is 4. The SMILES string of the molecule is CCCNC(C)(C)C(=O)N/C(O)=C/C(=N)C(C)(C)COC1CCCCO1. The molecule has 0 bridgehead atoms. The van der Waals surface area contributed by atoms with Gasteiger partial charge in [-0.2, -0.15) is 0 Å². The lowest BCUT2D eigenvalue weighted by Gasteiger charge is -2.29. The molecular formula is C19H35N3O4. The molecule has 0 saturated carbocycles. The van der Waals surface area contributed by atoms with Gasteiger partial charge in [-0.1, -0.05) is 20.8 Å². The second-order valence-corrected chi connectivity index (χ2v) is 7.94. The van der Waals surface area contributed by atoms with Gasteiger partial charge in [0.25, 0.3) is 0 Å². The summed E-state index contributed by atoms with van der Waals surface area (Å²) in [4.78, 5) is 12.3. The van der Waals surface area contributed by atoms with E-state index in [2.05, 4.69) is 10.6 Å². The van der Waals surface area contributed by atoms with Gasteiger partial charge in [0.15, 0.2) is 12.2 Å². The van der Waals surface area contributed by atoms with Crippen LogP contribution in [0.4, 0.5) is 0 Å². The number of allylic oxidation sites excluding steroid dienone is 1. The van der Waals surface area contributed by atoms with Crippen molar-refractivity contribution in [2.24, 2.45) is 5.41 Å². The molecule has 1 heterocycles. The number of carbonyl (C=O) groups excluding carboxylic acids is 1. The highest BCUT2D eigenvalue weighted by Crippen LogP contribution is 2.22. The van der Waals surface area contributed by atoms with E-state index in [4.69, 9.17) is 14.9 Å². The van der Waals surface area contributed by atoms with Crippen molar-refractivity contribution >= 4 is 11.6 Å². The quantitative estimate of drug-likeness (QED) is 0.350. The Balaban J connectivity index is 2.56. The van der Waals surface area contributed by atoms with Crippen LogP contribution < -0.4 is 10.6 Å². The second kappa shape index (κ2) is 10.0. The number of amides is 1. The van der Waals surface area contributed by atoms with Crippen LogP contribution in [0, 0.1) is 10.8 Å². The maximum Gasteiger partial charge on any atom is 0.246 e. The Morgan fingerprint density at radius 2 is 2.04 bits per heavy atom. The minimum atomic E-state index is -0.809. The van der Waals surface area contributed by atoms with Crippen molar-refractivity contribution in [3.05, 3.63) is 12.0 Å². The maximum absolute atomic E-state index is 12.3. The van der Waals surface area contributed by atoms with Crippen molar-refractivity contribution in [1.29, 1.82) is 5.41 Å². The van der Waals surface area contributed by atoms with Crippen LogP contribution in [0.2, 0.25) is 0 Å². The molecule has 150 valence electrons. The molecule has 7 nitrogen and oxygen atoms in total. The molecule has 1 fully saturated rings. The van der Waals surface area contributed by atoms with Crippen molar-refractivity contribution in [2.45, 2.75) is 72.1 Å². The molecule has 0 aromatic rings. The zero-order valence-corrected chi connectivity index (χ0v) is 16.8. The summed E-state index contributed by atoms with van der Waals surface area (Å²) in [5.41, 5.74) is -1.25. The van der Waals surface area contributed by atoms with Crippen molar-refractivity contribution in [2.75, 3.05) is 19.8 Å². The number of carbonyl (C=O) groups is 1. The van der Waals surface area contributed by atoms with E-state index in [0.29, 0.717) is 19.8 Å². The Hall–Kier alpha value is -1.44. The van der Waals surface area contributed by atoms with Crippen LogP contribution in [0.15, 0.2) is 12.0 Å². The molecule has 0 aromatic carbocycles. The normalized spacial score (nSPS) is 19.3. The number of ether oxygens (including phenoxy) is 2. The first kappa shape index (κ1) is 22.6. The Labute approximate surface area is 157 Å². The standard InChI is InChI=1S/C19H35N3O4/c1-6-10-21-19(4,5)17(24)22-15(23)12-14(20)18(2,3)13-26-16-9-7-8-11-25-16/h12,16,20-21,23H,6-11,13H2,1-5H3,(H,22,24)/b15-12-,20-14?. The van der Waals surface area contributed by atoms with E-state index >= 15 is 0 Å². The van der Waals surface area contributed by atoms with Crippen molar-refractivity contribution in [3.8, 4) is 0 Å². The summed E-state index contributed by atoms with van der Waals surface area (Å²) in [6.07, 6.45) is 4.94. The average molecular weight is 370 g/mol. The van der Waals surface area contributed by atoms with Gasteiger partial charge < -0.3 is 25.3 Å². The van der Waals surface area contributed by atoms with Gasteiger partial charge in [0.1, 0.15) is 0 Å². The molecule has 0 spiro atoms. The third-order valence-electron chi connectivity index (χ3n) is 4.40. The number of aliphatic hydroxyl groups excluding tert-OH is 1. The van der Waals surface area contributed by atoms with Gasteiger partial charge in [0.05, 0.1) is 12.1 Å². The lowest BCUT2D eigenvalue weighted by molar-refractivity contribution is -0.171. The first-order valence-corrected chi connectivity index (χ1v) is 9.38. The fraction of sp³-hybridized carbons (Fsp3) is 0.789. The number of rotatable bonds is 10. The summed E-state index contributed by atoms with van der Waals surface area (Å²) < 4.78 is 11.3. The summed E-state index contributed by atoms with van der Waals surface area (Å²) in [5, 5.41) is 23.8. The lowest BCUT2D eigenvalue weighted by atomic mass is 9.88. The van der Waals surface area contributed by atoms with Gasteiger partial charge in [0.2, 0.25) is 5.91 Å². The van der Waals surface area contributed by atoms with E-state index in [1.54, 1.807) is 13.8 Å². The molecule has 1 rings (SSSR count). The molecule has 1 saturated heterocycles. The van der Waals surface area contributed by atoms with E-state index in [1.165, 1.54) is 6.08 Å². The van der Waals surface area contributed by atoms with E-state index in [1.807, 2.05) is 20.8 Å². The first-order valence-electron chi connectivity index (χ1n) is 9.38. The largest absolute Gasteiger partial charge is 0.494 e. The Morgan fingerprint density at radius 3 is 2.62 bits per heavy atom. The minimum Gasteiger partial charge on any atom is -0.494 e. The van der Waals surface area contributed by atoms with Crippen LogP contribution in [0.25, 0.3) is 0 Å². The lowest BCUT2D eigenvalue weighted by Crippen LogP contribution is -2.52. The number of hydrogen-bond acceptors (Lipinski definition) is 6. The first-order chi connectivity index (χ1) is 12.1. The highest BCUT2D eigenvalue weighted by Gasteiger charge is 2.29. The molecule has 0 aliphatic carbocycles. The predicted octanol–water partition coefficient (Wildman–Crippen LogP) is 2.87. The molecular weight excluding hydrogens is 334 g/mol. The summed E-state index contributed by atoms with van der Waals surface area (Å²) in [5.74, 6) is -0.689. The Bertz CT molecular complexity index is 509. The highest BCUT2D eigenvalue weighted by molar-refractivity contribution is 5.97. The van der Waals surface area contributed by atoms with Crippen LogP contribution in [-0.2, 0) is 14.3 Å². The molecule has 1 aliphatic heterocycles. The zero-order valence-electron chi connectivity index (χ0n) is 16.8. The minimum absolute atomic E-state index is 0.172. The second-order valence-electron chi connectivity index (χ2n) is 7.94. The zero-order chi connectivity index (χ0) is 19.8. The molecule has 0 aromatic heterocycles. The van der Waals surface area contributed by atoms with Crippen LogP contribution >= 0.6 is 0 Å². The molecule has 1 aliphatic rings. The molecule has 4 N–H and O–H groups in total. The molecule has 0 radical (unpaired) electrons. The van der Waals surface area contributed by atoms with Crippen LogP contribution in [0.1, 0.15) is 60.3 Å². The predicted molar refractivity (Wildman–Crippen MR) is 102 cm³/mol. The highest BCUT2D eigenvalue weighted by atomic mass is 16.7. The summed E-state index contributed by atoms with van der Waals surface area (Å²) >= 11 is 0. The van der Waals surface area contributed by atoms with Crippen molar-refractivity contribution in [1.82, 2.24) is 10.6 Å². The van der Waals surface area contributed by atoms with Crippen molar-refractivity contribution in [3.63, 3.8) is 0 Å². The van der Waals surface area contributed by atoms with E-state index < -0.39 is 11.0 Å². The van der Waals surface area contributed by atoms with Gasteiger partial charge in [-0.05, 0) is 46.1 Å². The molecule has 26 heavy (non-hydrogen) atoms. The fourth-order valence-electron chi connectivity index (χ4n) is 2.38. The van der Waals surface area contributed by atoms with E-state index in [0.717, 1.165) is 25.7 Å². The average Bonchev–Trinajstić information content (AvgIpc) is 2.59. The Kier molecular flexibility index (Phi) is 8.73. The summed E-state index contributed by atoms with van der Waals surface area (Å²) in [6, 6.07) is 0. The van der Waals surface area contributed by atoms with Crippen LogP contribution in [-0.4, -0.2) is 48.3 Å². The van der Waals surface area contributed by atoms with Crippen molar-refractivity contribution < 1.29 is 19.4 Å². The summed E-state index contributed by atoms with van der Waals surface area (Å²) in [7, 11) is 0. The molecule has 1 atom stereocenters. The van der Waals surface area contributed by atoms with Gasteiger partial charge in [-0.25, -0.2) is 0 Å². The third kappa shape index (κ3) is 7.43. The topological polar surface area (TPSA) is 104 Å². The van der Waals surface area contributed by atoms with Gasteiger partial charge in [-0.15, -0.1) is 0 Å². The number of nitrogens with one attached hydrogen (secondary N) is 3. The van der Waals surface area contributed by atoms with E-state index in [-0.39, 0.29) is 23.8 Å². The van der Waals surface area contributed by atoms with Crippen LogP contribution in [0.3, 0.4) is 0 Å². The smallest absolute Gasteiger partial charge is 0.246 e. The van der Waals surface area contributed by atoms with E-state index in [9.17, 15) is 9.90 Å². The van der Waals surface area contributed by atoms with Gasteiger partial charge >= 0.3 is 0 Å². The summed E-state index contributed by atoms with van der Waals surface area (Å²) in [6.45, 7) is 10.9. The van der Waals surface area contributed by atoms with Crippen LogP contribution in [0.5, 0.6) is 0 Å².